The largest absolute Gasteiger partial charge is 0.368 e. The first kappa shape index (κ1) is 16.5. The topological polar surface area (TPSA) is 90.0 Å². The zero-order valence-corrected chi connectivity index (χ0v) is 13.7. The number of nitrogens with two attached hydrogens (primary N) is 1. The molecular weight excluding hydrogens is 304 g/mol. The summed E-state index contributed by atoms with van der Waals surface area (Å²) in [4.78, 5) is 24.7. The lowest BCUT2D eigenvalue weighted by atomic mass is 9.89. The highest BCUT2D eigenvalue weighted by Crippen LogP contribution is 2.50. The van der Waals surface area contributed by atoms with Crippen LogP contribution in [0.2, 0.25) is 0 Å². The molecule has 0 radical (unpaired) electrons. The zero-order chi connectivity index (χ0) is 17.3. The van der Waals surface area contributed by atoms with Gasteiger partial charge in [-0.1, -0.05) is 12.2 Å². The Morgan fingerprint density at radius 1 is 1.25 bits per heavy atom. The molecule has 24 heavy (non-hydrogen) atoms. The van der Waals surface area contributed by atoms with Gasteiger partial charge in [0.1, 0.15) is 11.7 Å². The summed E-state index contributed by atoms with van der Waals surface area (Å²) in [5, 5.41) is 7.03. The molecule has 2 aliphatic carbocycles. The molecule has 2 saturated carbocycles. The van der Waals surface area contributed by atoms with Crippen LogP contribution in [-0.2, 0) is 4.79 Å². The van der Waals surface area contributed by atoms with Gasteiger partial charge in [0.2, 0.25) is 5.91 Å². The number of hydrogen-bond acceptors (Lipinski definition) is 3. The van der Waals surface area contributed by atoms with Crippen LogP contribution in [0.15, 0.2) is 37.6 Å². The molecule has 2 amide bonds. The van der Waals surface area contributed by atoms with Crippen LogP contribution in [0, 0.1) is 17.8 Å². The summed E-state index contributed by atoms with van der Waals surface area (Å²) >= 11 is 0. The van der Waals surface area contributed by atoms with E-state index in [0.717, 1.165) is 25.7 Å². The Hall–Kier alpha value is -2.37. The summed E-state index contributed by atoms with van der Waals surface area (Å²) < 4.78 is 1.54. The number of carbonyl (C=O) groups is 2. The van der Waals surface area contributed by atoms with Crippen molar-refractivity contribution in [3.8, 4) is 0 Å². The molecule has 0 aliphatic heterocycles. The van der Waals surface area contributed by atoms with Crippen LogP contribution in [0.4, 0.5) is 0 Å². The summed E-state index contributed by atoms with van der Waals surface area (Å²) in [5.41, 5.74) is 5.98. The van der Waals surface area contributed by atoms with E-state index < -0.39 is 11.9 Å². The van der Waals surface area contributed by atoms with Crippen LogP contribution in [0.5, 0.6) is 0 Å². The third-order valence-corrected chi connectivity index (χ3v) is 4.98. The lowest BCUT2D eigenvalue weighted by Crippen LogP contribution is -2.50. The Balaban J connectivity index is 1.79. The van der Waals surface area contributed by atoms with Crippen LogP contribution >= 0.6 is 0 Å². The molecule has 1 atom stereocenters. The summed E-state index contributed by atoms with van der Waals surface area (Å²) in [5.74, 6) is 0.388. The van der Waals surface area contributed by atoms with Gasteiger partial charge in [-0.05, 0) is 49.5 Å². The van der Waals surface area contributed by atoms with Crippen molar-refractivity contribution in [2.75, 3.05) is 0 Å². The van der Waals surface area contributed by atoms with E-state index in [4.69, 9.17) is 5.73 Å². The molecule has 6 nitrogen and oxygen atoms in total. The predicted molar refractivity (Wildman–Crippen MR) is 91.0 cm³/mol. The molecule has 0 aromatic carbocycles. The van der Waals surface area contributed by atoms with Crippen LogP contribution < -0.4 is 11.1 Å². The Bertz CT molecular complexity index is 638. The first-order valence-electron chi connectivity index (χ1n) is 8.45. The van der Waals surface area contributed by atoms with E-state index in [2.05, 4.69) is 23.6 Å². The fraction of sp³-hybridized carbons (Fsp3) is 0.500. The first-order valence-corrected chi connectivity index (χ1v) is 8.45. The van der Waals surface area contributed by atoms with Crippen LogP contribution in [0.1, 0.15) is 42.2 Å². The summed E-state index contributed by atoms with van der Waals surface area (Å²) in [6.07, 6.45) is 9.33. The number of carbonyl (C=O) groups excluding carboxylic acids is 2. The average molecular weight is 328 g/mol. The van der Waals surface area contributed by atoms with E-state index in [1.54, 1.807) is 24.4 Å². The molecule has 2 aliphatic rings. The van der Waals surface area contributed by atoms with Gasteiger partial charge >= 0.3 is 0 Å². The second-order valence-corrected chi connectivity index (χ2v) is 6.73. The van der Waals surface area contributed by atoms with E-state index >= 15 is 0 Å². The Morgan fingerprint density at radius 2 is 1.83 bits per heavy atom. The lowest BCUT2D eigenvalue weighted by Gasteiger charge is -2.26. The molecule has 3 N–H and O–H groups in total. The van der Waals surface area contributed by atoms with Crippen molar-refractivity contribution in [2.24, 2.45) is 23.5 Å². The number of allylic oxidation sites excluding steroid dienone is 2. The highest BCUT2D eigenvalue weighted by molar-refractivity contribution is 5.96. The van der Waals surface area contributed by atoms with E-state index in [-0.39, 0.29) is 17.9 Å². The Labute approximate surface area is 141 Å². The number of amides is 2. The van der Waals surface area contributed by atoms with Gasteiger partial charge in [-0.2, -0.15) is 5.10 Å². The smallest absolute Gasteiger partial charge is 0.270 e. The quantitative estimate of drug-likeness (QED) is 0.678. The summed E-state index contributed by atoms with van der Waals surface area (Å²) in [6, 6.07) is 0.721. The van der Waals surface area contributed by atoms with Gasteiger partial charge in [0.05, 0.1) is 6.04 Å². The first-order chi connectivity index (χ1) is 11.6. The minimum Gasteiger partial charge on any atom is -0.368 e. The maximum atomic E-state index is 12.7. The lowest BCUT2D eigenvalue weighted by molar-refractivity contribution is -0.121. The minimum atomic E-state index is -0.619. The molecule has 1 aromatic heterocycles. The molecule has 0 unspecified atom stereocenters. The van der Waals surface area contributed by atoms with Crippen LogP contribution in [0.3, 0.4) is 0 Å². The third kappa shape index (κ3) is 3.27. The molecule has 2 fully saturated rings. The molecule has 0 saturated heterocycles. The summed E-state index contributed by atoms with van der Waals surface area (Å²) in [6.45, 7) is 7.46. The molecular formula is C18H24N4O2. The van der Waals surface area contributed by atoms with Crippen molar-refractivity contribution in [1.82, 2.24) is 15.1 Å². The molecule has 1 aromatic rings. The molecule has 0 bridgehead atoms. The predicted octanol–water partition coefficient (Wildman–Crippen LogP) is 1.82. The zero-order valence-electron chi connectivity index (χ0n) is 13.7. The molecule has 0 spiro atoms. The van der Waals surface area contributed by atoms with Gasteiger partial charge in [0, 0.05) is 6.20 Å². The van der Waals surface area contributed by atoms with Crippen molar-refractivity contribution in [3.63, 3.8) is 0 Å². The van der Waals surface area contributed by atoms with E-state index in [0.29, 0.717) is 17.5 Å². The highest BCUT2D eigenvalue weighted by atomic mass is 16.2. The molecule has 3 rings (SSSR count). The van der Waals surface area contributed by atoms with Crippen molar-refractivity contribution in [1.29, 1.82) is 0 Å². The fourth-order valence-electron chi connectivity index (χ4n) is 3.49. The van der Waals surface area contributed by atoms with Gasteiger partial charge in [0.15, 0.2) is 0 Å². The number of nitrogens with zero attached hydrogens (tertiary/aromatic N) is 2. The number of aromatic nitrogens is 2. The minimum absolute atomic E-state index is 0.164. The number of rotatable bonds is 9. The fourth-order valence-corrected chi connectivity index (χ4v) is 3.49. The SMILES string of the molecule is C=CC(C=C)n1nccc1C(=O)N[C@H](C(N)=O)C(C1CC1)C1CC1. The van der Waals surface area contributed by atoms with Crippen molar-refractivity contribution in [3.05, 3.63) is 43.3 Å². The van der Waals surface area contributed by atoms with Gasteiger partial charge in [-0.15, -0.1) is 13.2 Å². The van der Waals surface area contributed by atoms with E-state index in [1.165, 1.54) is 4.68 Å². The average Bonchev–Trinajstić information content (AvgIpc) is 3.49. The highest BCUT2D eigenvalue weighted by Gasteiger charge is 2.47. The summed E-state index contributed by atoms with van der Waals surface area (Å²) in [7, 11) is 0. The van der Waals surface area contributed by atoms with Crippen molar-refractivity contribution in [2.45, 2.75) is 37.8 Å². The van der Waals surface area contributed by atoms with Crippen molar-refractivity contribution >= 4 is 11.8 Å². The van der Waals surface area contributed by atoms with Crippen LogP contribution in [0.25, 0.3) is 0 Å². The monoisotopic (exact) mass is 328 g/mol. The Morgan fingerprint density at radius 3 is 2.29 bits per heavy atom. The second-order valence-electron chi connectivity index (χ2n) is 6.73. The van der Waals surface area contributed by atoms with Gasteiger partial charge < -0.3 is 11.1 Å². The van der Waals surface area contributed by atoms with Gasteiger partial charge in [-0.3, -0.25) is 9.59 Å². The van der Waals surface area contributed by atoms with E-state index in [1.807, 2.05) is 0 Å². The third-order valence-electron chi connectivity index (χ3n) is 4.98. The molecule has 128 valence electrons. The van der Waals surface area contributed by atoms with Gasteiger partial charge in [-0.25, -0.2) is 4.68 Å². The number of hydrogen-bond donors (Lipinski definition) is 2. The van der Waals surface area contributed by atoms with Gasteiger partial charge in [0.25, 0.3) is 5.91 Å². The van der Waals surface area contributed by atoms with E-state index in [9.17, 15) is 9.59 Å². The molecule has 1 heterocycles. The van der Waals surface area contributed by atoms with Crippen LogP contribution in [-0.4, -0.2) is 27.6 Å². The number of nitrogens with one attached hydrogen (secondary N) is 1. The van der Waals surface area contributed by atoms with Crippen molar-refractivity contribution < 1.29 is 9.59 Å². The maximum Gasteiger partial charge on any atom is 0.270 e. The Kier molecular flexibility index (Phi) is 4.55. The normalized spacial score (nSPS) is 18.4. The second kappa shape index (κ2) is 6.63. The maximum absolute atomic E-state index is 12.7. The number of primary amides is 1. The standard InChI is InChI=1S/C18H24N4O2/c1-3-13(4-2)22-14(9-10-20-22)18(24)21-16(17(19)23)15(11-5-6-11)12-7-8-12/h3-4,9-13,15-16H,1-2,5-8H2,(H2,19,23)(H,21,24)/t16-/m0/s1. The molecule has 6 heteroatoms.